The van der Waals surface area contributed by atoms with Gasteiger partial charge in [-0.25, -0.2) is 0 Å². The van der Waals surface area contributed by atoms with E-state index in [1.54, 1.807) is 0 Å². The molecule has 19 aromatic rings. The predicted molar refractivity (Wildman–Crippen MR) is 511 cm³/mol. The van der Waals surface area contributed by atoms with Crippen LogP contribution in [0.1, 0.15) is 55.6 Å². The molecule has 0 radical (unpaired) electrons. The Kier molecular flexibility index (Phi) is 19.2. The van der Waals surface area contributed by atoms with Gasteiger partial charge in [0.15, 0.2) is 0 Å². The number of fused-ring (bicyclic) bond motifs is 6. The van der Waals surface area contributed by atoms with Crippen LogP contribution in [-0.4, -0.2) is 0 Å². The van der Waals surface area contributed by atoms with Gasteiger partial charge in [0.05, 0.1) is 10.8 Å². The molecular formula is C118H86N4. The van der Waals surface area contributed by atoms with Gasteiger partial charge in [0.2, 0.25) is 0 Å². The Balaban J connectivity index is 0.727. The molecule has 578 valence electrons. The lowest BCUT2D eigenvalue weighted by Gasteiger charge is -2.36. The second-order valence-corrected chi connectivity index (χ2v) is 32.1. The van der Waals surface area contributed by atoms with Crippen LogP contribution in [-0.2, 0) is 10.8 Å². The number of rotatable bonds is 20. The fourth-order valence-corrected chi connectivity index (χ4v) is 19.2. The molecule has 2 aliphatic rings. The van der Waals surface area contributed by atoms with Crippen molar-refractivity contribution in [3.63, 3.8) is 0 Å². The molecule has 0 aromatic heterocycles. The Morgan fingerprint density at radius 1 is 0.139 bits per heavy atom. The average molecular weight is 1560 g/mol. The Bertz CT molecular complexity index is 5970. The SMILES string of the molecule is Cc1ccc2c(c1)C(c1ccc(-c3ccc(N(c4ccccc4)c4ccccc4)cc3)cc1)(c1ccc(-c3ccc(N(c4ccccc4)c4ccccc4)cc3)cc1)c1cc3c(cc1-2)C(c1ccc(-c2ccc(N(c4ccccc4)c4ccccc4)cc2)cc1)(c1ccc(-c2ccc(N(c4ccccc4)c4ccccc4)cc2)cc1)c1cc(C)ccc1-3. The normalized spacial score (nSPS) is 12.5. The molecule has 0 unspecified atom stereocenters. The highest BCUT2D eigenvalue weighted by Gasteiger charge is 2.52. The van der Waals surface area contributed by atoms with Crippen LogP contribution in [0.5, 0.6) is 0 Å². The van der Waals surface area contributed by atoms with E-state index in [0.717, 1.165) is 113 Å². The standard InChI is InChI=1S/C118H86N4/c1-83-43-77-109-111-81-116-112(82-115(111)117(113(109)79-83,93-61-45-85(46-62-93)89-53-69-105(70-54-89)119(97-27-11-3-12-28-97)98-29-13-4-14-30-98)94-63-47-86(48-64-94)90-55-71-106(72-56-90)120(99-31-15-5-16-32-99)100-33-17-6-18-34-100)110-78-44-84(2)80-114(110)118(116,95-65-49-87(50-66-95)91-57-73-107(74-58-91)121(101-35-19-7-20-36-101)102-37-21-8-22-38-102)96-67-51-88(52-68-96)92-59-75-108(76-60-92)122(103-39-23-9-24-40-103)104-41-25-10-26-42-104/h3-82H,1-2H3. The first kappa shape index (κ1) is 74.0. The number of nitrogens with zero attached hydrogens (tertiary/aromatic N) is 4. The first-order valence-electron chi connectivity index (χ1n) is 42.2. The molecule has 0 spiro atoms. The third-order valence-electron chi connectivity index (χ3n) is 24.9. The largest absolute Gasteiger partial charge is 0.311 e. The highest BCUT2D eigenvalue weighted by Crippen LogP contribution is 2.64. The fourth-order valence-electron chi connectivity index (χ4n) is 19.2. The zero-order valence-electron chi connectivity index (χ0n) is 68.0. The van der Waals surface area contributed by atoms with E-state index in [9.17, 15) is 0 Å². The van der Waals surface area contributed by atoms with Crippen LogP contribution in [0.4, 0.5) is 68.2 Å². The Morgan fingerprint density at radius 3 is 0.475 bits per heavy atom. The van der Waals surface area contributed by atoms with Gasteiger partial charge in [-0.15, -0.1) is 0 Å². The van der Waals surface area contributed by atoms with E-state index in [1.807, 2.05) is 0 Å². The Labute approximate surface area is 715 Å². The van der Waals surface area contributed by atoms with Crippen molar-refractivity contribution in [1.82, 2.24) is 0 Å². The maximum atomic E-state index is 2.62. The van der Waals surface area contributed by atoms with Crippen LogP contribution >= 0.6 is 0 Å². The van der Waals surface area contributed by atoms with Crippen molar-refractivity contribution in [3.05, 3.63) is 541 Å². The summed E-state index contributed by atoms with van der Waals surface area (Å²) >= 11 is 0. The highest BCUT2D eigenvalue weighted by atomic mass is 15.2. The molecule has 0 heterocycles. The van der Waals surface area contributed by atoms with Crippen LogP contribution in [0, 0.1) is 13.8 Å². The monoisotopic (exact) mass is 1560 g/mol. The quantitative estimate of drug-likeness (QED) is 0.0754. The topological polar surface area (TPSA) is 13.0 Å². The minimum Gasteiger partial charge on any atom is -0.311 e. The number of anilines is 12. The smallest absolute Gasteiger partial charge is 0.0713 e. The van der Waals surface area contributed by atoms with Gasteiger partial charge in [0.25, 0.3) is 0 Å². The van der Waals surface area contributed by atoms with Crippen molar-refractivity contribution in [2.45, 2.75) is 24.7 Å². The predicted octanol–water partition coefficient (Wildman–Crippen LogP) is 31.6. The molecule has 122 heavy (non-hydrogen) atoms. The summed E-state index contributed by atoms with van der Waals surface area (Å²) in [5.41, 5.74) is 37.9. The van der Waals surface area contributed by atoms with Crippen LogP contribution in [0.3, 0.4) is 0 Å². The first-order chi connectivity index (χ1) is 60.3. The molecule has 0 fully saturated rings. The van der Waals surface area contributed by atoms with E-state index in [1.165, 1.54) is 77.9 Å². The van der Waals surface area contributed by atoms with Gasteiger partial charge in [0, 0.05) is 68.2 Å². The molecule has 0 atom stereocenters. The minimum absolute atomic E-state index is 0.781. The van der Waals surface area contributed by atoms with Crippen LogP contribution in [0.15, 0.2) is 485 Å². The highest BCUT2D eigenvalue weighted by molar-refractivity contribution is 5.96. The number of benzene rings is 19. The van der Waals surface area contributed by atoms with E-state index in [-0.39, 0.29) is 0 Å². The third kappa shape index (κ3) is 13.2. The van der Waals surface area contributed by atoms with E-state index < -0.39 is 10.8 Å². The second-order valence-electron chi connectivity index (χ2n) is 32.1. The van der Waals surface area contributed by atoms with Crippen molar-refractivity contribution >= 4 is 68.2 Å². The summed E-state index contributed by atoms with van der Waals surface area (Å²) in [5, 5.41) is 0. The number of hydrogen-bond donors (Lipinski definition) is 0. The molecule has 0 aliphatic heterocycles. The zero-order valence-corrected chi connectivity index (χ0v) is 68.0. The first-order valence-corrected chi connectivity index (χ1v) is 42.2. The maximum absolute atomic E-state index is 2.62. The van der Waals surface area contributed by atoms with Crippen LogP contribution in [0.25, 0.3) is 66.8 Å². The molecule has 4 heteroatoms. The van der Waals surface area contributed by atoms with Crippen molar-refractivity contribution < 1.29 is 0 Å². The minimum atomic E-state index is -0.781. The van der Waals surface area contributed by atoms with Gasteiger partial charge in [-0.2, -0.15) is 0 Å². The number of para-hydroxylation sites is 8. The summed E-state index contributed by atoms with van der Waals surface area (Å²) in [6.07, 6.45) is 0. The van der Waals surface area contributed by atoms with E-state index in [2.05, 4.69) is 519 Å². The number of hydrogen-bond acceptors (Lipinski definition) is 4. The summed E-state index contributed by atoms with van der Waals surface area (Å²) in [5.74, 6) is 0. The molecule has 0 N–H and O–H groups in total. The Hall–Kier alpha value is -15.6. The van der Waals surface area contributed by atoms with Gasteiger partial charge >= 0.3 is 0 Å². The lowest BCUT2D eigenvalue weighted by molar-refractivity contribution is 0.758. The number of aryl methyl sites for hydroxylation is 2. The van der Waals surface area contributed by atoms with Crippen molar-refractivity contribution in [3.8, 4) is 66.8 Å². The fraction of sp³-hybridized carbons (Fsp3) is 0.0339. The molecule has 0 bridgehead atoms. The van der Waals surface area contributed by atoms with Crippen molar-refractivity contribution in [2.24, 2.45) is 0 Å². The van der Waals surface area contributed by atoms with Crippen molar-refractivity contribution in [2.75, 3.05) is 19.6 Å². The van der Waals surface area contributed by atoms with Crippen LogP contribution in [0.2, 0.25) is 0 Å². The summed E-state index contributed by atoms with van der Waals surface area (Å²) in [7, 11) is 0. The molecule has 4 nitrogen and oxygen atoms in total. The van der Waals surface area contributed by atoms with E-state index in [4.69, 9.17) is 0 Å². The molecule has 0 saturated heterocycles. The Morgan fingerprint density at radius 2 is 0.295 bits per heavy atom. The van der Waals surface area contributed by atoms with Crippen molar-refractivity contribution in [1.29, 1.82) is 0 Å². The van der Waals surface area contributed by atoms with Gasteiger partial charge in [-0.05, 0) is 283 Å². The average Bonchev–Trinajstić information content (AvgIpc) is 1.50. The van der Waals surface area contributed by atoms with Gasteiger partial charge in [-0.1, -0.05) is 339 Å². The third-order valence-corrected chi connectivity index (χ3v) is 24.9. The lowest BCUT2D eigenvalue weighted by Crippen LogP contribution is -2.30. The van der Waals surface area contributed by atoms with E-state index in [0.29, 0.717) is 0 Å². The van der Waals surface area contributed by atoms with Gasteiger partial charge in [-0.3, -0.25) is 0 Å². The summed E-state index contributed by atoms with van der Waals surface area (Å²) < 4.78 is 0. The molecular weight excluding hydrogens is 1470 g/mol. The zero-order chi connectivity index (χ0) is 81.5. The van der Waals surface area contributed by atoms with Gasteiger partial charge < -0.3 is 19.6 Å². The summed E-state index contributed by atoms with van der Waals surface area (Å²) in [6, 6.07) is 179. The van der Waals surface area contributed by atoms with Crippen LogP contribution < -0.4 is 19.6 Å². The molecule has 0 saturated carbocycles. The maximum Gasteiger partial charge on any atom is 0.0713 e. The molecule has 21 rings (SSSR count). The van der Waals surface area contributed by atoms with Gasteiger partial charge in [0.1, 0.15) is 0 Å². The summed E-state index contributed by atoms with van der Waals surface area (Å²) in [6.45, 7) is 4.52. The molecule has 2 aliphatic carbocycles. The molecule has 0 amide bonds. The summed E-state index contributed by atoms with van der Waals surface area (Å²) in [4.78, 5) is 9.30. The molecule has 19 aromatic carbocycles. The van der Waals surface area contributed by atoms with E-state index >= 15 is 0 Å². The second kappa shape index (κ2) is 31.7. The lowest BCUT2D eigenvalue weighted by atomic mass is 9.65.